The van der Waals surface area contributed by atoms with Crippen molar-refractivity contribution in [2.75, 3.05) is 18.8 Å². The standard InChI is InChI=1S/C27H32N2O4/c28-19-4-2-1-3-18(19)15-32-21-9-10-27(31)22-13-17-7-8-20(30)24-23(17)26(27,25(21)33-24)11-12-29(22)14-16-5-6-16/h1-4,7-8,16,21-22,25,30-31H,5-6,9-15,28H2/t21-,22-,25+,26+,27-/m1/s1. The maximum absolute atomic E-state index is 12.5. The number of ether oxygens (including phenoxy) is 2. The Balaban J connectivity index is 1.28. The van der Waals surface area contributed by atoms with E-state index in [4.69, 9.17) is 15.2 Å². The van der Waals surface area contributed by atoms with Crippen molar-refractivity contribution >= 4 is 5.69 Å². The summed E-state index contributed by atoms with van der Waals surface area (Å²) in [5, 5.41) is 23.2. The van der Waals surface area contributed by atoms with E-state index in [2.05, 4.69) is 4.90 Å². The predicted molar refractivity (Wildman–Crippen MR) is 124 cm³/mol. The third kappa shape index (κ3) is 2.66. The van der Waals surface area contributed by atoms with Crippen LogP contribution in [0.2, 0.25) is 0 Å². The largest absolute Gasteiger partial charge is 0.504 e. The number of nitrogen functional groups attached to an aromatic ring is 1. The minimum Gasteiger partial charge on any atom is -0.504 e. The highest BCUT2D eigenvalue weighted by Gasteiger charge is 2.73. The van der Waals surface area contributed by atoms with Gasteiger partial charge in [0.05, 0.1) is 23.7 Å². The highest BCUT2D eigenvalue weighted by molar-refractivity contribution is 5.62. The number of piperidine rings is 1. The molecule has 2 aromatic rings. The quantitative estimate of drug-likeness (QED) is 0.609. The Labute approximate surface area is 194 Å². The summed E-state index contributed by atoms with van der Waals surface area (Å²) in [4.78, 5) is 2.56. The van der Waals surface area contributed by atoms with Crippen LogP contribution in [0.5, 0.6) is 11.5 Å². The monoisotopic (exact) mass is 448 g/mol. The number of rotatable bonds is 5. The molecule has 0 radical (unpaired) electrons. The fraction of sp³-hybridized carbons (Fsp3) is 0.556. The van der Waals surface area contributed by atoms with E-state index < -0.39 is 11.0 Å². The van der Waals surface area contributed by atoms with E-state index >= 15 is 0 Å². The van der Waals surface area contributed by atoms with Crippen molar-refractivity contribution in [2.45, 2.75) is 74.4 Å². The van der Waals surface area contributed by atoms with E-state index in [0.29, 0.717) is 18.8 Å². The maximum atomic E-state index is 12.5. The SMILES string of the molecule is Nc1ccccc1CO[C@@H]1CC[C@@]2(O)[C@H]3Cc4ccc(O)c5c4[C@@]2(CCN3CC2CC2)[C@H]1O5. The Morgan fingerprint density at radius 1 is 1.12 bits per heavy atom. The van der Waals surface area contributed by atoms with Crippen LogP contribution in [-0.2, 0) is 23.2 Å². The molecule has 2 heterocycles. The van der Waals surface area contributed by atoms with Crippen LogP contribution in [0.1, 0.15) is 48.8 Å². The van der Waals surface area contributed by atoms with Crippen molar-refractivity contribution in [3.05, 3.63) is 53.1 Å². The van der Waals surface area contributed by atoms with Crippen LogP contribution < -0.4 is 10.5 Å². The van der Waals surface area contributed by atoms with Gasteiger partial charge in [-0.15, -0.1) is 0 Å². The minimum absolute atomic E-state index is 0.0895. The second-order valence-corrected chi connectivity index (χ2v) is 10.9. The molecular formula is C27H32N2O4. The number of nitrogens with zero attached hydrogens (tertiary/aromatic N) is 1. The van der Waals surface area contributed by atoms with E-state index in [0.717, 1.165) is 55.1 Å². The summed E-state index contributed by atoms with van der Waals surface area (Å²) < 4.78 is 13.0. The third-order valence-electron chi connectivity index (χ3n) is 9.22. The molecule has 0 unspecified atom stereocenters. The summed E-state index contributed by atoms with van der Waals surface area (Å²) in [7, 11) is 0. The normalized spacial score (nSPS) is 36.3. The van der Waals surface area contributed by atoms with E-state index in [1.54, 1.807) is 6.07 Å². The minimum atomic E-state index is -0.873. The first-order chi connectivity index (χ1) is 16.0. The lowest BCUT2D eigenvalue weighted by atomic mass is 9.48. The number of benzene rings is 2. The summed E-state index contributed by atoms with van der Waals surface area (Å²) >= 11 is 0. The zero-order valence-electron chi connectivity index (χ0n) is 18.9. The number of hydrogen-bond donors (Lipinski definition) is 3. The Hall–Kier alpha value is -2.28. The van der Waals surface area contributed by atoms with Crippen LogP contribution in [0.25, 0.3) is 0 Å². The van der Waals surface area contributed by atoms with Gasteiger partial charge in [0, 0.05) is 29.4 Å². The van der Waals surface area contributed by atoms with E-state index in [1.807, 2.05) is 30.3 Å². The molecule has 33 heavy (non-hydrogen) atoms. The summed E-state index contributed by atoms with van der Waals surface area (Å²) in [5.74, 6) is 1.52. The number of likely N-dealkylation sites (tertiary alicyclic amines) is 1. The van der Waals surface area contributed by atoms with Crippen molar-refractivity contribution in [1.82, 2.24) is 4.90 Å². The van der Waals surface area contributed by atoms with Crippen molar-refractivity contribution in [2.24, 2.45) is 5.92 Å². The lowest BCUT2D eigenvalue weighted by Gasteiger charge is -2.64. The number of nitrogens with two attached hydrogens (primary N) is 1. The molecule has 3 aliphatic carbocycles. The molecule has 2 aliphatic heterocycles. The van der Waals surface area contributed by atoms with E-state index in [1.165, 1.54) is 18.4 Å². The van der Waals surface area contributed by atoms with Crippen molar-refractivity contribution in [3.63, 3.8) is 0 Å². The fourth-order valence-corrected chi connectivity index (χ4v) is 7.47. The molecule has 7 rings (SSSR count). The predicted octanol–water partition coefficient (Wildman–Crippen LogP) is 3.12. The topological polar surface area (TPSA) is 88.2 Å². The average molecular weight is 449 g/mol. The molecule has 3 fully saturated rings. The Morgan fingerprint density at radius 2 is 1.97 bits per heavy atom. The van der Waals surface area contributed by atoms with Gasteiger partial charge in [0.1, 0.15) is 6.10 Å². The first-order valence-electron chi connectivity index (χ1n) is 12.4. The molecule has 4 N–H and O–H groups in total. The van der Waals surface area contributed by atoms with Crippen LogP contribution in [0.15, 0.2) is 36.4 Å². The van der Waals surface area contributed by atoms with E-state index in [9.17, 15) is 10.2 Å². The zero-order chi connectivity index (χ0) is 22.4. The second kappa shape index (κ2) is 6.87. The summed E-state index contributed by atoms with van der Waals surface area (Å²) in [6.07, 6.45) is 5.20. The molecule has 0 amide bonds. The smallest absolute Gasteiger partial charge is 0.165 e. The van der Waals surface area contributed by atoms with Gasteiger partial charge in [-0.2, -0.15) is 0 Å². The van der Waals surface area contributed by atoms with Gasteiger partial charge >= 0.3 is 0 Å². The summed E-state index contributed by atoms with van der Waals surface area (Å²) in [6, 6.07) is 11.7. The van der Waals surface area contributed by atoms with Gasteiger partial charge in [0.15, 0.2) is 11.5 Å². The Morgan fingerprint density at radius 3 is 2.79 bits per heavy atom. The number of anilines is 1. The summed E-state index contributed by atoms with van der Waals surface area (Å²) in [6.45, 7) is 2.45. The Bertz CT molecular complexity index is 1120. The van der Waals surface area contributed by atoms with Gasteiger partial charge < -0.3 is 25.4 Å². The number of hydrogen-bond acceptors (Lipinski definition) is 6. The van der Waals surface area contributed by atoms with Crippen molar-refractivity contribution in [3.8, 4) is 11.5 Å². The molecule has 2 saturated carbocycles. The maximum Gasteiger partial charge on any atom is 0.165 e. The number of para-hydroxylation sites is 1. The highest BCUT2D eigenvalue weighted by atomic mass is 16.6. The molecule has 5 aliphatic rings. The molecule has 1 saturated heterocycles. The van der Waals surface area contributed by atoms with Crippen LogP contribution in [-0.4, -0.2) is 52.1 Å². The second-order valence-electron chi connectivity index (χ2n) is 10.9. The molecule has 6 nitrogen and oxygen atoms in total. The van der Waals surface area contributed by atoms with Crippen LogP contribution in [0.3, 0.4) is 0 Å². The van der Waals surface area contributed by atoms with Gasteiger partial charge in [0.25, 0.3) is 0 Å². The van der Waals surface area contributed by atoms with Crippen LogP contribution >= 0.6 is 0 Å². The van der Waals surface area contributed by atoms with Gasteiger partial charge in [-0.1, -0.05) is 24.3 Å². The van der Waals surface area contributed by atoms with Gasteiger partial charge in [-0.25, -0.2) is 0 Å². The number of phenolic OH excluding ortho intramolecular Hbond substituents is 1. The third-order valence-corrected chi connectivity index (χ3v) is 9.22. The molecule has 2 aromatic carbocycles. The van der Waals surface area contributed by atoms with Crippen molar-refractivity contribution in [1.29, 1.82) is 0 Å². The number of phenols is 1. The summed E-state index contributed by atoms with van der Waals surface area (Å²) in [5.41, 5.74) is 8.70. The molecule has 6 heteroatoms. The molecule has 5 atom stereocenters. The molecule has 0 aromatic heterocycles. The fourth-order valence-electron chi connectivity index (χ4n) is 7.47. The number of aliphatic hydroxyl groups is 1. The molecule has 174 valence electrons. The molecule has 1 spiro atoms. The number of aromatic hydroxyl groups is 1. The van der Waals surface area contributed by atoms with E-state index in [-0.39, 0.29) is 24.0 Å². The lowest BCUT2D eigenvalue weighted by Crippen LogP contribution is -2.77. The van der Waals surface area contributed by atoms with Gasteiger partial charge in [0.2, 0.25) is 0 Å². The van der Waals surface area contributed by atoms with Gasteiger partial charge in [-0.05, 0) is 68.7 Å². The first kappa shape index (κ1) is 20.1. The molecule has 2 bridgehead atoms. The average Bonchev–Trinajstić information content (AvgIpc) is 3.55. The van der Waals surface area contributed by atoms with Crippen LogP contribution in [0.4, 0.5) is 5.69 Å². The van der Waals surface area contributed by atoms with Crippen LogP contribution in [0, 0.1) is 5.92 Å². The lowest BCUT2D eigenvalue weighted by molar-refractivity contribution is -0.217. The highest BCUT2D eigenvalue weighted by Crippen LogP contribution is 2.65. The first-order valence-corrected chi connectivity index (χ1v) is 12.4. The van der Waals surface area contributed by atoms with Gasteiger partial charge in [-0.3, -0.25) is 4.90 Å². The zero-order valence-corrected chi connectivity index (χ0v) is 18.9. The molecular weight excluding hydrogens is 416 g/mol. The van der Waals surface area contributed by atoms with Crippen molar-refractivity contribution < 1.29 is 19.7 Å². The Kier molecular flexibility index (Phi) is 4.19.